The third-order valence-electron chi connectivity index (χ3n) is 24.0. The summed E-state index contributed by atoms with van der Waals surface area (Å²) in [6.45, 7) is 32.4. The Hall–Kier alpha value is -11.8. The largest absolute Gasteiger partial charge is 0.490 e. The maximum Gasteiger partial charge on any atom is 0.490 e. The van der Waals surface area contributed by atoms with Crippen molar-refractivity contribution in [2.75, 3.05) is 55.2 Å². The van der Waals surface area contributed by atoms with Crippen LogP contribution in [-0.4, -0.2) is 185 Å². The van der Waals surface area contributed by atoms with Gasteiger partial charge in [-0.25, -0.2) is 33.2 Å². The molecule has 7 aliphatic heterocycles. The van der Waals surface area contributed by atoms with Crippen LogP contribution in [0.15, 0.2) is 174 Å². The molecule has 1 fully saturated rings. The number of halogens is 7. The zero-order valence-corrected chi connectivity index (χ0v) is 81.2. The number of benzene rings is 6. The van der Waals surface area contributed by atoms with Crippen molar-refractivity contribution in [3.05, 3.63) is 226 Å². The van der Waals surface area contributed by atoms with Gasteiger partial charge in [0.2, 0.25) is 0 Å². The summed E-state index contributed by atoms with van der Waals surface area (Å²) in [4.78, 5) is 55.8. The molecule has 3 unspecified atom stereocenters. The number of nitrogens with zero attached hydrogens (tertiary/aromatic N) is 11. The minimum absolute atomic E-state index is 0. The van der Waals surface area contributed by atoms with E-state index in [1.54, 1.807) is 9.80 Å². The second-order valence-electron chi connectivity index (χ2n) is 36.0. The quantitative estimate of drug-likeness (QED) is 0.0368. The fraction of sp³-hybridized carbons (Fsp3) is 0.398. The van der Waals surface area contributed by atoms with Gasteiger partial charge in [-0.3, -0.25) is 0 Å². The second kappa shape index (κ2) is 43.4. The van der Waals surface area contributed by atoms with Crippen LogP contribution in [0, 0.1) is 28.2 Å². The van der Waals surface area contributed by atoms with E-state index in [2.05, 4.69) is 234 Å². The molecule has 0 saturated carbocycles. The van der Waals surface area contributed by atoms with E-state index < -0.39 is 35.5 Å². The van der Waals surface area contributed by atoms with Crippen LogP contribution in [0.5, 0.6) is 0 Å². The zero-order chi connectivity index (χ0) is 93.8. The van der Waals surface area contributed by atoms with Gasteiger partial charge >= 0.3 is 43.6 Å². The topological polar surface area (TPSA) is 340 Å². The normalized spacial score (nSPS) is 17.3. The number of aliphatic carboxylic acids is 2. The minimum Gasteiger partial charge on any atom is -0.475 e. The molecule has 720 valence electrons. The van der Waals surface area contributed by atoms with Gasteiger partial charge in [0, 0.05) is 163 Å². The number of hydrogen-bond donors (Lipinski definition) is 9. The average Bonchev–Trinajstić information content (AvgIpc) is 1.68. The van der Waals surface area contributed by atoms with Crippen LogP contribution in [0.2, 0.25) is 0 Å². The van der Waals surface area contributed by atoms with Crippen LogP contribution in [-0.2, 0) is 69.1 Å². The van der Waals surface area contributed by atoms with E-state index in [1.807, 2.05) is 117 Å². The summed E-state index contributed by atoms with van der Waals surface area (Å²) in [6, 6.07) is 46.0. The van der Waals surface area contributed by atoms with Crippen molar-refractivity contribution in [3.63, 3.8) is 0 Å². The number of nitrogens with one attached hydrogen (secondary N) is 7. The van der Waals surface area contributed by atoms with Crippen molar-refractivity contribution < 1.29 is 95.6 Å². The van der Waals surface area contributed by atoms with Crippen LogP contribution in [0.3, 0.4) is 0 Å². The minimum atomic E-state index is -5.08. The predicted molar refractivity (Wildman–Crippen MR) is 516 cm³/mol. The van der Waals surface area contributed by atoms with Gasteiger partial charge < -0.3 is 82.4 Å². The Labute approximate surface area is 805 Å². The van der Waals surface area contributed by atoms with Crippen LogP contribution in [0.25, 0.3) is 77.6 Å². The van der Waals surface area contributed by atoms with Crippen LogP contribution in [0.4, 0.5) is 53.0 Å². The number of H-pyrrole nitrogens is 3. The first kappa shape index (κ1) is 105. The SMILES string of the molecule is C.C.CC(C)(C)OC(=O)N1CC=C(B2OC(C)(C)C(C)(C)O2)CC1.Cc1nnn2c1-c1ccc(Br)cc1C(Nc1cccc3[nH]ccc13)CC2.Cc1nnn2c1-c1ccc(C3=CCN(C(=O)OC(C)(C)C)CC3)cc1C(Nc1cccc3[nH]ccc13)CC2.Cc1nnn2c1-c1ccc(C3=CCNCC3)cc1C(Nc1cccc3[nH]ccc13)CC2.O=C(O)C(F)(F)F.O=C(O)C(F)(F)F.[CH3-].[W]. The zero-order valence-electron chi connectivity index (χ0n) is 76.6. The molecule has 0 radical (unpaired) electrons. The predicted octanol–water partition coefficient (Wildman–Crippen LogP) is 22.2. The second-order valence-corrected chi connectivity index (χ2v) is 36.9. The van der Waals surface area contributed by atoms with E-state index in [4.69, 9.17) is 38.6 Å². The molecule has 12 aromatic rings. The fourth-order valence-electron chi connectivity index (χ4n) is 16.8. The number of rotatable bonds is 9. The Kier molecular flexibility index (Phi) is 33.9. The van der Waals surface area contributed by atoms with Crippen molar-refractivity contribution in [1.82, 2.24) is 75.1 Å². The number of aromatic nitrogens is 12. The summed E-state index contributed by atoms with van der Waals surface area (Å²) in [7, 11) is -0.314. The molecule has 9 N–H and O–H groups in total. The van der Waals surface area contributed by atoms with E-state index in [9.17, 15) is 35.9 Å². The molecule has 135 heavy (non-hydrogen) atoms. The number of ether oxygens (including phenoxy) is 2. The van der Waals surface area contributed by atoms with Gasteiger partial charge in [-0.2, -0.15) is 26.3 Å². The number of carboxylic acid groups (broad SMARTS) is 2. The van der Waals surface area contributed by atoms with Crippen LogP contribution in [0.1, 0.15) is 186 Å². The Balaban J connectivity index is 0.000000178. The molecule has 2 amide bonds. The molecule has 6 aromatic carbocycles. The number of fused-ring (bicyclic) bond motifs is 12. The van der Waals surface area contributed by atoms with Gasteiger partial charge in [-0.05, 0) is 258 Å². The van der Waals surface area contributed by atoms with Crippen molar-refractivity contribution >= 4 is 108 Å². The number of carbonyl (C=O) groups is 4. The first-order valence-electron chi connectivity index (χ1n) is 43.5. The first-order chi connectivity index (χ1) is 62.0. The number of alkyl halides is 6. The maximum absolute atomic E-state index is 12.5. The summed E-state index contributed by atoms with van der Waals surface area (Å²) in [5.74, 6) is -5.51. The summed E-state index contributed by atoms with van der Waals surface area (Å²) in [5.41, 5.74) is 25.2. The van der Waals surface area contributed by atoms with Gasteiger partial charge in [0.05, 0.1) is 63.5 Å². The van der Waals surface area contributed by atoms with E-state index in [0.717, 1.165) is 149 Å². The molecule has 0 spiro atoms. The van der Waals surface area contributed by atoms with Gasteiger partial charge in [-0.15, -0.1) is 15.3 Å². The summed E-state index contributed by atoms with van der Waals surface area (Å²) in [6.07, 6.45) is 7.17. The summed E-state index contributed by atoms with van der Waals surface area (Å²) in [5, 5.41) is 59.0. The molecular formula is C98H119BBrF6N18O10W-. The third kappa shape index (κ3) is 24.9. The third-order valence-corrected chi connectivity index (χ3v) is 24.5. The number of carbonyl (C=O) groups excluding carboxylic acids is 2. The molecule has 28 nitrogen and oxygen atoms in total. The van der Waals surface area contributed by atoms with E-state index in [0.29, 0.717) is 26.2 Å². The molecule has 7 aliphatic rings. The Morgan fingerprint density at radius 1 is 0.496 bits per heavy atom. The molecular weight excluding hydrogens is 1980 g/mol. The summed E-state index contributed by atoms with van der Waals surface area (Å²) >= 11 is 3.64. The number of aryl methyl sites for hydroxylation is 6. The molecule has 37 heteroatoms. The van der Waals surface area contributed by atoms with Gasteiger partial charge in [0.15, 0.2) is 0 Å². The van der Waals surface area contributed by atoms with Gasteiger partial charge in [0.1, 0.15) is 11.2 Å². The molecule has 6 aromatic heterocycles. The smallest absolute Gasteiger partial charge is 0.475 e. The number of hydrogen-bond acceptors (Lipinski definition) is 18. The molecule has 3 atom stereocenters. The number of carboxylic acids is 2. The van der Waals surface area contributed by atoms with Crippen molar-refractivity contribution in [2.45, 2.75) is 216 Å². The maximum atomic E-state index is 12.5. The molecule has 0 aliphatic carbocycles. The molecule has 1 saturated heterocycles. The van der Waals surface area contributed by atoms with Gasteiger partial charge in [0.25, 0.3) is 0 Å². The number of amides is 2. The number of aromatic amines is 3. The molecule has 19 rings (SSSR count). The standard InChI is InChI=1S/C30H34N6O2.C25H26N6.C20H18BrN5.C16H28BNO4.2C2HF3O2.2CH4.CH3.W/c1-19-28-22-9-8-21(20-11-15-35(16-12-20)29(37)38-30(2,3)4)18-24(22)27(13-17-36(28)34-33-19)32-26-7-5-6-25-23(26)10-14-31-25;1-16-25-19-6-5-18(17-7-11-26-12-8-17)15-21(19)24(10-14-31(25)30-29-16)28-23-4-2-3-22-20(23)9-13-27-22;1-12-20-14-6-5-13(21)11-16(14)19(8-10-26(20)25-24-12)23-18-4-2-3-17-15(18)7-9-22-17;1-14(2,3)20-13(19)18-10-8-12(9-11-18)17-21-15(4,5)16(6,7)22-17;2*3-2(4,5)1(6)7;;;;/h5-11,14,18,27,31-32H,12-13,15-17H2,1-4H3;2-7,9,13,15,24,26-28H,8,10-12,14H2,1H3;2-7,9,11,19,22-23H,8,10H2,1H3;8H,9-11H2,1-7H3;2*(H,6,7);2*1H4;1H3;/q;;;;;;;;-1;. The van der Waals surface area contributed by atoms with E-state index >= 15 is 0 Å². The summed E-state index contributed by atoms with van der Waals surface area (Å²) < 4.78 is 93.8. The monoisotopic (exact) mass is 2100 g/mol. The van der Waals surface area contributed by atoms with Crippen molar-refractivity contribution in [1.29, 1.82) is 0 Å². The van der Waals surface area contributed by atoms with E-state index in [1.165, 1.54) is 71.8 Å². The molecule has 13 heterocycles. The Morgan fingerprint density at radius 2 is 0.852 bits per heavy atom. The number of anilines is 3. The van der Waals surface area contributed by atoms with Crippen LogP contribution < -0.4 is 21.3 Å². The van der Waals surface area contributed by atoms with Gasteiger partial charge in [-0.1, -0.05) is 113 Å². The molecule has 0 bridgehead atoms. The Bertz CT molecular complexity index is 6260. The van der Waals surface area contributed by atoms with Crippen LogP contribution >= 0.6 is 15.9 Å². The van der Waals surface area contributed by atoms with Crippen molar-refractivity contribution in [2.24, 2.45) is 0 Å². The first-order valence-corrected chi connectivity index (χ1v) is 44.3. The Morgan fingerprint density at radius 3 is 1.19 bits per heavy atom. The van der Waals surface area contributed by atoms with E-state index in [-0.39, 0.29) is 92.0 Å². The fourth-order valence-corrected chi connectivity index (χ4v) is 17.2. The van der Waals surface area contributed by atoms with Crippen molar-refractivity contribution in [3.8, 4) is 33.8 Å². The average molecular weight is 2100 g/mol.